The largest absolute Gasteiger partial charge is 0.353 e. The van der Waals surface area contributed by atoms with Crippen molar-refractivity contribution in [2.75, 3.05) is 13.1 Å². The van der Waals surface area contributed by atoms with Gasteiger partial charge in [0.15, 0.2) is 0 Å². The van der Waals surface area contributed by atoms with E-state index in [-0.39, 0.29) is 5.91 Å². The topological polar surface area (TPSA) is 58.4 Å². The number of hydrogen-bond donors (Lipinski definition) is 2. The molecule has 0 bridgehead atoms. The van der Waals surface area contributed by atoms with Crippen LogP contribution < -0.4 is 11.1 Å². The first-order chi connectivity index (χ1) is 9.76. The summed E-state index contributed by atoms with van der Waals surface area (Å²) in [5.41, 5.74) is 6.02. The Morgan fingerprint density at radius 3 is 2.19 bits per heavy atom. The standard InChI is InChI=1S/C17H29N3O/c1-13(2)20(14(3)4)12-11-19-16(21)17(5,18)15-9-7-6-8-10-15/h6-10,13-14H,11-12,18H2,1-5H3,(H,19,21). The van der Waals surface area contributed by atoms with Gasteiger partial charge < -0.3 is 11.1 Å². The number of nitrogens with zero attached hydrogens (tertiary/aromatic N) is 1. The number of nitrogens with one attached hydrogen (secondary N) is 1. The molecule has 0 saturated carbocycles. The van der Waals surface area contributed by atoms with Crippen LogP contribution in [0.2, 0.25) is 0 Å². The molecule has 1 atom stereocenters. The molecule has 0 fully saturated rings. The second-order valence-electron chi connectivity index (χ2n) is 6.25. The maximum Gasteiger partial charge on any atom is 0.244 e. The second kappa shape index (κ2) is 7.57. The molecule has 0 aliphatic rings. The summed E-state index contributed by atoms with van der Waals surface area (Å²) < 4.78 is 0. The fraction of sp³-hybridized carbons (Fsp3) is 0.588. The Hall–Kier alpha value is -1.39. The first-order valence-corrected chi connectivity index (χ1v) is 7.65. The van der Waals surface area contributed by atoms with E-state index in [1.54, 1.807) is 6.92 Å². The molecule has 0 aromatic heterocycles. The third-order valence-electron chi connectivity index (χ3n) is 3.83. The van der Waals surface area contributed by atoms with Gasteiger partial charge in [-0.15, -0.1) is 0 Å². The molecule has 0 heterocycles. The normalized spacial score (nSPS) is 14.5. The minimum Gasteiger partial charge on any atom is -0.353 e. The summed E-state index contributed by atoms with van der Waals surface area (Å²) in [6.07, 6.45) is 0. The molecule has 21 heavy (non-hydrogen) atoms. The van der Waals surface area contributed by atoms with Crippen LogP contribution in [-0.4, -0.2) is 36.0 Å². The zero-order valence-corrected chi connectivity index (χ0v) is 13.9. The third kappa shape index (κ3) is 4.83. The maximum atomic E-state index is 12.3. The Morgan fingerprint density at radius 1 is 1.19 bits per heavy atom. The highest BCUT2D eigenvalue weighted by atomic mass is 16.2. The summed E-state index contributed by atoms with van der Waals surface area (Å²) in [4.78, 5) is 14.7. The van der Waals surface area contributed by atoms with Crippen LogP contribution in [-0.2, 0) is 10.3 Å². The summed E-state index contributed by atoms with van der Waals surface area (Å²) in [6.45, 7) is 11.8. The summed E-state index contributed by atoms with van der Waals surface area (Å²) in [5, 5.41) is 2.96. The highest BCUT2D eigenvalue weighted by Crippen LogP contribution is 2.17. The number of amides is 1. The molecule has 0 saturated heterocycles. The highest BCUT2D eigenvalue weighted by Gasteiger charge is 2.30. The minimum atomic E-state index is -0.998. The van der Waals surface area contributed by atoms with Gasteiger partial charge in [0.25, 0.3) is 0 Å². The lowest BCUT2D eigenvalue weighted by Gasteiger charge is -2.31. The van der Waals surface area contributed by atoms with Crippen LogP contribution in [0.25, 0.3) is 0 Å². The van der Waals surface area contributed by atoms with Crippen molar-refractivity contribution in [2.45, 2.75) is 52.2 Å². The van der Waals surface area contributed by atoms with Crippen molar-refractivity contribution >= 4 is 5.91 Å². The molecule has 1 aromatic carbocycles. The van der Waals surface area contributed by atoms with Crippen molar-refractivity contribution in [1.29, 1.82) is 0 Å². The van der Waals surface area contributed by atoms with Crippen molar-refractivity contribution in [3.05, 3.63) is 35.9 Å². The van der Waals surface area contributed by atoms with E-state index in [9.17, 15) is 4.79 Å². The quantitative estimate of drug-likeness (QED) is 0.809. The summed E-state index contributed by atoms with van der Waals surface area (Å²) >= 11 is 0. The molecular weight excluding hydrogens is 262 g/mol. The fourth-order valence-electron chi connectivity index (χ4n) is 2.51. The molecule has 1 unspecified atom stereocenters. The predicted molar refractivity (Wildman–Crippen MR) is 88.0 cm³/mol. The van der Waals surface area contributed by atoms with E-state index >= 15 is 0 Å². The van der Waals surface area contributed by atoms with E-state index in [0.717, 1.165) is 12.1 Å². The minimum absolute atomic E-state index is 0.138. The van der Waals surface area contributed by atoms with Crippen LogP contribution >= 0.6 is 0 Å². The second-order valence-corrected chi connectivity index (χ2v) is 6.25. The van der Waals surface area contributed by atoms with Crippen LogP contribution in [0, 0.1) is 0 Å². The number of rotatable bonds is 7. The van der Waals surface area contributed by atoms with Crippen molar-refractivity contribution in [1.82, 2.24) is 10.2 Å². The molecular formula is C17H29N3O. The molecule has 3 N–H and O–H groups in total. The third-order valence-corrected chi connectivity index (χ3v) is 3.83. The van der Waals surface area contributed by atoms with Crippen molar-refractivity contribution < 1.29 is 4.79 Å². The van der Waals surface area contributed by atoms with Gasteiger partial charge in [-0.3, -0.25) is 9.69 Å². The Kier molecular flexibility index (Phi) is 6.37. The average Bonchev–Trinajstić information content (AvgIpc) is 2.43. The van der Waals surface area contributed by atoms with Crippen LogP contribution in [0.4, 0.5) is 0 Å². The molecule has 0 spiro atoms. The van der Waals surface area contributed by atoms with E-state index < -0.39 is 5.54 Å². The number of carbonyl (C=O) groups is 1. The molecule has 4 heteroatoms. The molecule has 1 aromatic rings. The molecule has 0 aliphatic carbocycles. The highest BCUT2D eigenvalue weighted by molar-refractivity contribution is 5.86. The summed E-state index contributed by atoms with van der Waals surface area (Å²) in [5.74, 6) is -0.138. The fourth-order valence-corrected chi connectivity index (χ4v) is 2.51. The van der Waals surface area contributed by atoms with Gasteiger partial charge in [-0.1, -0.05) is 30.3 Å². The first kappa shape index (κ1) is 17.7. The molecule has 1 amide bonds. The Bertz CT molecular complexity index is 433. The van der Waals surface area contributed by atoms with Crippen molar-refractivity contribution in [2.24, 2.45) is 5.73 Å². The summed E-state index contributed by atoms with van der Waals surface area (Å²) in [6, 6.07) is 10.4. The van der Waals surface area contributed by atoms with Gasteiger partial charge in [0.2, 0.25) is 5.91 Å². The number of nitrogens with two attached hydrogens (primary N) is 1. The van der Waals surface area contributed by atoms with E-state index in [0.29, 0.717) is 18.6 Å². The van der Waals surface area contributed by atoms with Gasteiger partial charge in [0.05, 0.1) is 0 Å². The monoisotopic (exact) mass is 291 g/mol. The Morgan fingerprint density at radius 2 is 1.71 bits per heavy atom. The van der Waals surface area contributed by atoms with Gasteiger partial charge in [0.1, 0.15) is 5.54 Å². The van der Waals surface area contributed by atoms with Crippen LogP contribution in [0.5, 0.6) is 0 Å². The maximum absolute atomic E-state index is 12.3. The molecule has 0 radical (unpaired) electrons. The predicted octanol–water partition coefficient (Wildman–Crippen LogP) is 2.10. The Balaban J connectivity index is 2.57. The van der Waals surface area contributed by atoms with Crippen molar-refractivity contribution in [3.63, 3.8) is 0 Å². The van der Waals surface area contributed by atoms with Gasteiger partial charge >= 0.3 is 0 Å². The lowest BCUT2D eigenvalue weighted by atomic mass is 9.92. The smallest absolute Gasteiger partial charge is 0.244 e. The van der Waals surface area contributed by atoms with E-state index in [1.165, 1.54) is 0 Å². The number of hydrogen-bond acceptors (Lipinski definition) is 3. The van der Waals surface area contributed by atoms with Gasteiger partial charge in [-0.25, -0.2) is 0 Å². The zero-order chi connectivity index (χ0) is 16.0. The molecule has 4 nitrogen and oxygen atoms in total. The number of carbonyl (C=O) groups excluding carboxylic acids is 1. The van der Waals surface area contributed by atoms with Crippen LogP contribution in [0.1, 0.15) is 40.2 Å². The number of benzene rings is 1. The first-order valence-electron chi connectivity index (χ1n) is 7.65. The SMILES string of the molecule is CC(C)N(CCNC(=O)C(C)(N)c1ccccc1)C(C)C. The summed E-state index contributed by atoms with van der Waals surface area (Å²) in [7, 11) is 0. The van der Waals surface area contributed by atoms with Gasteiger partial charge in [-0.2, -0.15) is 0 Å². The zero-order valence-electron chi connectivity index (χ0n) is 13.9. The Labute approximate surface area is 128 Å². The average molecular weight is 291 g/mol. The lowest BCUT2D eigenvalue weighted by molar-refractivity contribution is -0.126. The molecule has 118 valence electrons. The van der Waals surface area contributed by atoms with Gasteiger partial charge in [-0.05, 0) is 40.2 Å². The van der Waals surface area contributed by atoms with E-state index in [4.69, 9.17) is 5.73 Å². The van der Waals surface area contributed by atoms with Crippen LogP contribution in [0.15, 0.2) is 30.3 Å². The van der Waals surface area contributed by atoms with E-state index in [1.807, 2.05) is 30.3 Å². The van der Waals surface area contributed by atoms with Gasteiger partial charge in [0, 0.05) is 25.2 Å². The van der Waals surface area contributed by atoms with E-state index in [2.05, 4.69) is 37.9 Å². The lowest BCUT2D eigenvalue weighted by Crippen LogP contribution is -2.51. The van der Waals surface area contributed by atoms with Crippen LogP contribution in [0.3, 0.4) is 0 Å². The van der Waals surface area contributed by atoms with Crippen molar-refractivity contribution in [3.8, 4) is 0 Å². The molecule has 0 aliphatic heterocycles. The molecule has 1 rings (SSSR count).